The molecule has 0 aliphatic heterocycles. The molecule has 80 valence electrons. The Balaban J connectivity index is 2.57. The molecule has 1 heterocycles. The average molecular weight is 231 g/mol. The van der Waals surface area contributed by atoms with E-state index in [0.717, 1.165) is 6.20 Å². The van der Waals surface area contributed by atoms with E-state index in [1.165, 1.54) is 24.3 Å². The number of phosphoric acid groups is 1. The number of phosphoric ester groups is 1. The van der Waals surface area contributed by atoms with Gasteiger partial charge in [0.15, 0.2) is 0 Å². The molecule has 2 aromatic rings. The van der Waals surface area contributed by atoms with Gasteiger partial charge in [0, 0.05) is 11.6 Å². The van der Waals surface area contributed by atoms with Gasteiger partial charge >= 0.3 is 7.82 Å². The summed E-state index contributed by atoms with van der Waals surface area (Å²) in [7, 11) is -4.61. The zero-order valence-corrected chi connectivity index (χ0v) is 8.26. The molecule has 5 nitrogen and oxygen atoms in total. The zero-order chi connectivity index (χ0) is 11.1. The molecule has 7 heteroatoms. The maximum absolute atomic E-state index is 13.0. The van der Waals surface area contributed by atoms with Gasteiger partial charge in [-0.15, -0.1) is 0 Å². The number of rotatable bonds is 2. The molecule has 1 aromatic carbocycles. The lowest BCUT2D eigenvalue weighted by Gasteiger charge is -2.07. The number of fused-ring (bicyclic) bond motifs is 1. The molecule has 2 rings (SSSR count). The Kier molecular flexibility index (Phi) is 2.26. The third-order valence-electron chi connectivity index (χ3n) is 1.86. The quantitative estimate of drug-likeness (QED) is 0.773. The normalized spacial score (nSPS) is 11.9. The van der Waals surface area contributed by atoms with Crippen LogP contribution in [0.3, 0.4) is 0 Å². The monoisotopic (exact) mass is 231 g/mol. The summed E-state index contributed by atoms with van der Waals surface area (Å²) in [6.07, 6.45) is 1.14. The molecule has 0 unspecified atom stereocenters. The summed E-state index contributed by atoms with van der Waals surface area (Å²) in [4.78, 5) is 17.6. The summed E-state index contributed by atoms with van der Waals surface area (Å²) in [5, 5.41) is 0.309. The van der Waals surface area contributed by atoms with Gasteiger partial charge in [-0.25, -0.2) is 4.57 Å². The number of halogens is 1. The van der Waals surface area contributed by atoms with Crippen molar-refractivity contribution in [1.82, 2.24) is 4.79 Å². The molecule has 1 aromatic heterocycles. The van der Waals surface area contributed by atoms with Crippen LogP contribution in [0.4, 0.5) is 4.48 Å². The van der Waals surface area contributed by atoms with Gasteiger partial charge in [-0.1, -0.05) is 10.5 Å². The summed E-state index contributed by atoms with van der Waals surface area (Å²) in [6, 6.07) is 5.66. The molecular formula is C8H7FNO4P. The van der Waals surface area contributed by atoms with E-state index in [0.29, 0.717) is 10.2 Å². The van der Waals surface area contributed by atoms with E-state index in [2.05, 4.69) is 4.52 Å². The van der Waals surface area contributed by atoms with Gasteiger partial charge < -0.3 is 4.52 Å². The third kappa shape index (κ3) is 2.02. The highest BCUT2D eigenvalue weighted by Crippen LogP contribution is 2.40. The van der Waals surface area contributed by atoms with Crippen molar-refractivity contribution in [1.29, 1.82) is 0 Å². The second kappa shape index (κ2) is 3.34. The fraction of sp³-hybridized carbons (Fsp3) is 0. The van der Waals surface area contributed by atoms with Crippen molar-refractivity contribution in [3.63, 3.8) is 0 Å². The minimum absolute atomic E-state index is 0.0442. The van der Waals surface area contributed by atoms with E-state index < -0.39 is 7.82 Å². The van der Waals surface area contributed by atoms with E-state index in [1.807, 2.05) is 0 Å². The van der Waals surface area contributed by atoms with E-state index in [4.69, 9.17) is 9.79 Å². The lowest BCUT2D eigenvalue weighted by atomic mass is 10.2. The Morgan fingerprint density at radius 2 is 2.07 bits per heavy atom. The molecular weight excluding hydrogens is 224 g/mol. The molecule has 0 bridgehead atoms. The van der Waals surface area contributed by atoms with Crippen molar-refractivity contribution in [2.45, 2.75) is 0 Å². The Hall–Kier alpha value is -1.36. The van der Waals surface area contributed by atoms with Crippen LogP contribution in [0.1, 0.15) is 0 Å². The van der Waals surface area contributed by atoms with Crippen molar-refractivity contribution in [3.8, 4) is 5.75 Å². The SMILES string of the molecule is O=P(O)(O)Oc1cccc2c1ccn2F. The fourth-order valence-electron chi connectivity index (χ4n) is 1.31. The van der Waals surface area contributed by atoms with Gasteiger partial charge in [-0.2, -0.15) is 4.79 Å². The van der Waals surface area contributed by atoms with E-state index in [1.54, 1.807) is 0 Å². The summed E-state index contributed by atoms with van der Waals surface area (Å²) < 4.78 is 28.1. The smallest absolute Gasteiger partial charge is 0.404 e. The number of aromatic nitrogens is 1. The van der Waals surface area contributed by atoms with Crippen LogP contribution in [0, 0.1) is 0 Å². The molecule has 0 saturated heterocycles. The van der Waals surface area contributed by atoms with Crippen LogP contribution in [0.25, 0.3) is 10.9 Å². The topological polar surface area (TPSA) is 71.7 Å². The number of benzene rings is 1. The van der Waals surface area contributed by atoms with Crippen LogP contribution in [0.15, 0.2) is 30.5 Å². The predicted octanol–water partition coefficient (Wildman–Crippen LogP) is 1.85. The van der Waals surface area contributed by atoms with Gasteiger partial charge in [0.25, 0.3) is 0 Å². The first-order valence-corrected chi connectivity index (χ1v) is 5.52. The Bertz CT molecular complexity index is 547. The summed E-state index contributed by atoms with van der Waals surface area (Å²) >= 11 is 0. The maximum Gasteiger partial charge on any atom is 0.524 e. The van der Waals surface area contributed by atoms with Gasteiger partial charge in [-0.3, -0.25) is 9.79 Å². The number of hydrogen-bond donors (Lipinski definition) is 2. The molecule has 0 aliphatic carbocycles. The van der Waals surface area contributed by atoms with Crippen LogP contribution in [0.2, 0.25) is 0 Å². The van der Waals surface area contributed by atoms with Gasteiger partial charge in [0.05, 0.1) is 5.52 Å². The second-order valence-electron chi connectivity index (χ2n) is 2.90. The summed E-state index contributed by atoms with van der Waals surface area (Å²) in [5.74, 6) is -0.0442. The standard InChI is InChI=1S/C8H7FNO4P/c9-10-5-4-6-7(10)2-1-3-8(6)14-15(11,12)13/h1-5H,(H2,11,12,13). The highest BCUT2D eigenvalue weighted by molar-refractivity contribution is 7.46. The van der Waals surface area contributed by atoms with E-state index in [9.17, 15) is 9.05 Å². The maximum atomic E-state index is 13.0. The zero-order valence-electron chi connectivity index (χ0n) is 7.37. The van der Waals surface area contributed by atoms with Crippen molar-refractivity contribution >= 4 is 18.7 Å². The Labute approximate surface area is 83.9 Å². The van der Waals surface area contributed by atoms with Crippen LogP contribution in [0.5, 0.6) is 5.75 Å². The average Bonchev–Trinajstić information content (AvgIpc) is 2.47. The molecule has 0 amide bonds. The van der Waals surface area contributed by atoms with Gasteiger partial charge in [0.2, 0.25) is 0 Å². The minimum Gasteiger partial charge on any atom is -0.404 e. The van der Waals surface area contributed by atoms with Gasteiger partial charge in [-0.05, 0) is 18.2 Å². The van der Waals surface area contributed by atoms with Gasteiger partial charge in [0.1, 0.15) is 5.75 Å². The van der Waals surface area contributed by atoms with Crippen LogP contribution in [-0.4, -0.2) is 14.6 Å². The Morgan fingerprint density at radius 3 is 2.73 bits per heavy atom. The highest BCUT2D eigenvalue weighted by Gasteiger charge is 2.18. The molecule has 0 aliphatic rings. The molecule has 0 fully saturated rings. The molecule has 0 saturated carbocycles. The molecule has 2 N–H and O–H groups in total. The van der Waals surface area contributed by atoms with Crippen LogP contribution in [-0.2, 0) is 4.57 Å². The second-order valence-corrected chi connectivity index (χ2v) is 4.06. The number of nitrogens with zero attached hydrogens (tertiary/aromatic N) is 1. The highest BCUT2D eigenvalue weighted by atomic mass is 31.2. The van der Waals surface area contributed by atoms with Crippen molar-refractivity contribution in [2.24, 2.45) is 0 Å². The lowest BCUT2D eigenvalue weighted by Crippen LogP contribution is -1.90. The van der Waals surface area contributed by atoms with E-state index >= 15 is 0 Å². The first kappa shape index (κ1) is 10.2. The molecule has 0 spiro atoms. The fourth-order valence-corrected chi connectivity index (χ4v) is 1.73. The third-order valence-corrected chi connectivity index (χ3v) is 2.30. The van der Waals surface area contributed by atoms with Crippen molar-refractivity contribution in [2.75, 3.05) is 0 Å². The van der Waals surface area contributed by atoms with Crippen LogP contribution >= 0.6 is 7.82 Å². The first-order valence-electron chi connectivity index (χ1n) is 3.99. The van der Waals surface area contributed by atoms with E-state index in [-0.39, 0.29) is 11.3 Å². The molecule has 0 atom stereocenters. The lowest BCUT2D eigenvalue weighted by molar-refractivity contribution is 0.284. The number of hydrogen-bond acceptors (Lipinski definition) is 2. The molecule has 15 heavy (non-hydrogen) atoms. The first-order chi connectivity index (χ1) is 6.97. The Morgan fingerprint density at radius 1 is 1.33 bits per heavy atom. The summed E-state index contributed by atoms with van der Waals surface area (Å²) in [5.41, 5.74) is 0.195. The predicted molar refractivity (Wildman–Crippen MR) is 51.1 cm³/mol. The van der Waals surface area contributed by atoms with Crippen molar-refractivity contribution < 1.29 is 23.4 Å². The molecule has 0 radical (unpaired) electrons. The van der Waals surface area contributed by atoms with Crippen LogP contribution < -0.4 is 4.52 Å². The summed E-state index contributed by atoms with van der Waals surface area (Å²) in [6.45, 7) is 0. The largest absolute Gasteiger partial charge is 0.524 e. The minimum atomic E-state index is -4.61. The van der Waals surface area contributed by atoms with Crippen molar-refractivity contribution in [3.05, 3.63) is 30.5 Å².